The Labute approximate surface area is 109 Å². The van der Waals surface area contributed by atoms with E-state index in [1.165, 1.54) is 0 Å². The number of halogens is 1. The van der Waals surface area contributed by atoms with Crippen molar-refractivity contribution in [1.29, 1.82) is 0 Å². The smallest absolute Gasteiger partial charge is 0.182 e. The van der Waals surface area contributed by atoms with Gasteiger partial charge in [0.2, 0.25) is 0 Å². The van der Waals surface area contributed by atoms with Gasteiger partial charge in [-0.2, -0.15) is 0 Å². The second-order valence-electron chi connectivity index (χ2n) is 3.70. The van der Waals surface area contributed by atoms with Crippen molar-refractivity contribution < 1.29 is 8.42 Å². The van der Waals surface area contributed by atoms with Gasteiger partial charge in [-0.15, -0.1) is 0 Å². The molecule has 0 fully saturated rings. The Balaban J connectivity index is 2.32. The van der Waals surface area contributed by atoms with Crippen LogP contribution in [0.5, 0.6) is 0 Å². The summed E-state index contributed by atoms with van der Waals surface area (Å²) in [5, 5.41) is 0. The predicted molar refractivity (Wildman–Crippen MR) is 71.5 cm³/mol. The van der Waals surface area contributed by atoms with Crippen LogP contribution in [0.25, 0.3) is 0 Å². The van der Waals surface area contributed by atoms with E-state index in [-0.39, 0.29) is 5.75 Å². The second-order valence-corrected chi connectivity index (χ2v) is 6.61. The van der Waals surface area contributed by atoms with Crippen LogP contribution in [0.4, 0.5) is 0 Å². The van der Waals surface area contributed by atoms with Crippen molar-refractivity contribution in [3.8, 4) is 0 Å². The van der Waals surface area contributed by atoms with E-state index < -0.39 is 9.84 Å². The van der Waals surface area contributed by atoms with Gasteiger partial charge in [0.25, 0.3) is 0 Å². The number of rotatable bonds is 3. The van der Waals surface area contributed by atoms with Gasteiger partial charge in [0.05, 0.1) is 10.6 Å². The number of hydrogen-bond donors (Lipinski definition) is 0. The Morgan fingerprint density at radius 1 is 0.941 bits per heavy atom. The first-order chi connectivity index (χ1) is 8.08. The summed E-state index contributed by atoms with van der Waals surface area (Å²) in [4.78, 5) is 0.343. The highest BCUT2D eigenvalue weighted by molar-refractivity contribution is 9.10. The van der Waals surface area contributed by atoms with Crippen molar-refractivity contribution >= 4 is 25.8 Å². The Morgan fingerprint density at radius 3 is 2.29 bits per heavy atom. The molecule has 0 aliphatic carbocycles. The summed E-state index contributed by atoms with van der Waals surface area (Å²) in [6, 6.07) is 15.9. The summed E-state index contributed by atoms with van der Waals surface area (Å²) < 4.78 is 25.0. The molecule has 17 heavy (non-hydrogen) atoms. The average Bonchev–Trinajstić information content (AvgIpc) is 2.30. The molecule has 0 N–H and O–H groups in total. The largest absolute Gasteiger partial charge is 0.223 e. The van der Waals surface area contributed by atoms with Gasteiger partial charge in [-0.05, 0) is 23.8 Å². The first-order valence-electron chi connectivity index (χ1n) is 5.10. The molecule has 0 bridgehead atoms. The van der Waals surface area contributed by atoms with Crippen LogP contribution in [0.15, 0.2) is 64.0 Å². The number of benzene rings is 2. The zero-order valence-corrected chi connectivity index (χ0v) is 11.4. The van der Waals surface area contributed by atoms with Crippen LogP contribution in [-0.2, 0) is 15.6 Å². The molecule has 2 aromatic rings. The number of hydrogen-bond acceptors (Lipinski definition) is 2. The molecular formula is C13H11BrO2S. The summed E-state index contributed by atoms with van der Waals surface area (Å²) in [5.41, 5.74) is 0.799. The minimum absolute atomic E-state index is 0.0320. The quantitative estimate of drug-likeness (QED) is 0.870. The lowest BCUT2D eigenvalue weighted by Crippen LogP contribution is -2.04. The van der Waals surface area contributed by atoms with E-state index in [0.29, 0.717) is 4.90 Å². The third-order valence-electron chi connectivity index (χ3n) is 2.35. The van der Waals surface area contributed by atoms with Crippen molar-refractivity contribution in [3.63, 3.8) is 0 Å². The van der Waals surface area contributed by atoms with Crippen LogP contribution in [0, 0.1) is 0 Å². The van der Waals surface area contributed by atoms with E-state index in [0.717, 1.165) is 10.0 Å². The predicted octanol–water partition coefficient (Wildman–Crippen LogP) is 3.42. The molecule has 0 saturated heterocycles. The molecule has 88 valence electrons. The fourth-order valence-corrected chi connectivity index (χ4v) is 3.48. The molecule has 0 spiro atoms. The molecule has 2 nitrogen and oxygen atoms in total. The first kappa shape index (κ1) is 12.3. The first-order valence-corrected chi connectivity index (χ1v) is 7.55. The zero-order chi connectivity index (χ0) is 12.3. The standard InChI is InChI=1S/C13H11BrO2S/c14-12-7-4-8-13(9-12)17(15,16)10-11-5-2-1-3-6-11/h1-9H,10H2. The SMILES string of the molecule is O=S(=O)(Cc1ccccc1)c1cccc(Br)c1. The van der Waals surface area contributed by atoms with E-state index in [4.69, 9.17) is 0 Å². The van der Waals surface area contributed by atoms with Crippen LogP contribution in [0.2, 0.25) is 0 Å². The van der Waals surface area contributed by atoms with E-state index >= 15 is 0 Å². The van der Waals surface area contributed by atoms with Crippen molar-refractivity contribution in [2.24, 2.45) is 0 Å². The summed E-state index contributed by atoms with van der Waals surface area (Å²) in [6.45, 7) is 0. The third-order valence-corrected chi connectivity index (χ3v) is 4.53. The monoisotopic (exact) mass is 310 g/mol. The maximum Gasteiger partial charge on any atom is 0.182 e. The van der Waals surface area contributed by atoms with Gasteiger partial charge in [0, 0.05) is 4.47 Å². The molecule has 4 heteroatoms. The minimum Gasteiger partial charge on any atom is -0.223 e. The number of sulfone groups is 1. The molecule has 0 heterocycles. The highest BCUT2D eigenvalue weighted by Gasteiger charge is 2.15. The maximum atomic E-state index is 12.1. The minimum atomic E-state index is -3.27. The molecule has 0 aromatic heterocycles. The Hall–Kier alpha value is -1.13. The van der Waals surface area contributed by atoms with Gasteiger partial charge >= 0.3 is 0 Å². The second kappa shape index (κ2) is 5.02. The lowest BCUT2D eigenvalue weighted by Gasteiger charge is -2.04. The van der Waals surface area contributed by atoms with Crippen molar-refractivity contribution in [2.45, 2.75) is 10.6 Å². The van der Waals surface area contributed by atoms with E-state index in [1.807, 2.05) is 36.4 Å². The summed E-state index contributed by atoms with van der Waals surface area (Å²) >= 11 is 3.28. The van der Waals surface area contributed by atoms with Crippen molar-refractivity contribution in [2.75, 3.05) is 0 Å². The van der Waals surface area contributed by atoms with Crippen LogP contribution in [-0.4, -0.2) is 8.42 Å². The van der Waals surface area contributed by atoms with Gasteiger partial charge in [0.15, 0.2) is 9.84 Å². The third kappa shape index (κ3) is 3.17. The molecule has 2 aromatic carbocycles. The van der Waals surface area contributed by atoms with Crippen LogP contribution < -0.4 is 0 Å². The average molecular weight is 311 g/mol. The van der Waals surface area contributed by atoms with E-state index in [9.17, 15) is 8.42 Å². The maximum absolute atomic E-state index is 12.1. The topological polar surface area (TPSA) is 34.1 Å². The summed E-state index contributed by atoms with van der Waals surface area (Å²) in [5.74, 6) is 0.0320. The molecule has 0 unspecified atom stereocenters. The van der Waals surface area contributed by atoms with Crippen LogP contribution in [0.1, 0.15) is 5.56 Å². The highest BCUT2D eigenvalue weighted by Crippen LogP contribution is 2.20. The van der Waals surface area contributed by atoms with Gasteiger partial charge in [-0.25, -0.2) is 8.42 Å². The van der Waals surface area contributed by atoms with Gasteiger partial charge in [-0.3, -0.25) is 0 Å². The van der Waals surface area contributed by atoms with Gasteiger partial charge in [-0.1, -0.05) is 52.3 Å². The summed E-state index contributed by atoms with van der Waals surface area (Å²) in [7, 11) is -3.27. The molecule has 0 aliphatic rings. The molecule has 0 aliphatic heterocycles. The van der Waals surface area contributed by atoms with Gasteiger partial charge < -0.3 is 0 Å². The van der Waals surface area contributed by atoms with Crippen molar-refractivity contribution in [3.05, 3.63) is 64.6 Å². The fourth-order valence-electron chi connectivity index (χ4n) is 1.54. The molecule has 0 amide bonds. The molecule has 0 saturated carbocycles. The lowest BCUT2D eigenvalue weighted by molar-refractivity contribution is 0.595. The lowest BCUT2D eigenvalue weighted by atomic mass is 10.2. The highest BCUT2D eigenvalue weighted by atomic mass is 79.9. The zero-order valence-electron chi connectivity index (χ0n) is 9.01. The Morgan fingerprint density at radius 2 is 1.65 bits per heavy atom. The fraction of sp³-hybridized carbons (Fsp3) is 0.0769. The molecular weight excluding hydrogens is 300 g/mol. The molecule has 0 radical (unpaired) electrons. The normalized spacial score (nSPS) is 11.4. The van der Waals surface area contributed by atoms with Crippen molar-refractivity contribution in [1.82, 2.24) is 0 Å². The molecule has 2 rings (SSSR count). The summed E-state index contributed by atoms with van der Waals surface area (Å²) in [6.07, 6.45) is 0. The van der Waals surface area contributed by atoms with E-state index in [1.54, 1.807) is 18.2 Å². The van der Waals surface area contributed by atoms with Crippen LogP contribution >= 0.6 is 15.9 Å². The van der Waals surface area contributed by atoms with Gasteiger partial charge in [0.1, 0.15) is 0 Å². The Bertz CT molecular complexity index is 606. The van der Waals surface area contributed by atoms with E-state index in [2.05, 4.69) is 15.9 Å². The van der Waals surface area contributed by atoms with Crippen LogP contribution in [0.3, 0.4) is 0 Å². The molecule has 0 atom stereocenters. The Kier molecular flexibility index (Phi) is 3.64.